The molecule has 2 aromatic rings. The lowest BCUT2D eigenvalue weighted by atomic mass is 10.1. The van der Waals surface area contributed by atoms with Crippen molar-refractivity contribution in [1.82, 2.24) is 10.2 Å². The second-order valence-electron chi connectivity index (χ2n) is 6.84. The van der Waals surface area contributed by atoms with Crippen LogP contribution in [-0.4, -0.2) is 35.8 Å². The highest BCUT2D eigenvalue weighted by Gasteiger charge is 2.22. The third kappa shape index (κ3) is 5.98. The van der Waals surface area contributed by atoms with Crippen LogP contribution in [0.4, 0.5) is 0 Å². The SMILES string of the molecule is CN(CC(=O)NC(C)(C)C)C(=O)c1occc1CSc1ccccc1. The zero-order valence-corrected chi connectivity index (χ0v) is 15.9. The first-order valence-electron chi connectivity index (χ1n) is 8.07. The first-order chi connectivity index (χ1) is 11.8. The highest BCUT2D eigenvalue weighted by Crippen LogP contribution is 2.25. The maximum atomic E-state index is 12.6. The lowest BCUT2D eigenvalue weighted by Crippen LogP contribution is -2.46. The van der Waals surface area contributed by atoms with Gasteiger partial charge in [0.2, 0.25) is 5.91 Å². The molecule has 2 rings (SSSR count). The van der Waals surface area contributed by atoms with E-state index in [1.54, 1.807) is 24.9 Å². The van der Waals surface area contributed by atoms with Crippen molar-refractivity contribution in [2.45, 2.75) is 37.0 Å². The third-order valence-corrected chi connectivity index (χ3v) is 4.38. The maximum absolute atomic E-state index is 12.6. The number of hydrogen-bond acceptors (Lipinski definition) is 4. The molecule has 134 valence electrons. The van der Waals surface area contributed by atoms with E-state index in [4.69, 9.17) is 4.42 Å². The molecule has 2 amide bonds. The van der Waals surface area contributed by atoms with Crippen molar-refractivity contribution in [3.05, 3.63) is 54.0 Å². The average Bonchev–Trinajstić information content (AvgIpc) is 2.99. The predicted molar refractivity (Wildman–Crippen MR) is 99.6 cm³/mol. The van der Waals surface area contributed by atoms with Crippen LogP contribution in [0.2, 0.25) is 0 Å². The van der Waals surface area contributed by atoms with Gasteiger partial charge in [-0.3, -0.25) is 9.59 Å². The molecule has 0 aliphatic rings. The molecule has 5 nitrogen and oxygen atoms in total. The Morgan fingerprint density at radius 2 is 1.84 bits per heavy atom. The lowest BCUT2D eigenvalue weighted by Gasteiger charge is -2.23. The summed E-state index contributed by atoms with van der Waals surface area (Å²) in [4.78, 5) is 27.1. The minimum absolute atomic E-state index is 0.0118. The summed E-state index contributed by atoms with van der Waals surface area (Å²) in [5.41, 5.74) is 0.491. The van der Waals surface area contributed by atoms with E-state index in [1.807, 2.05) is 51.1 Å². The van der Waals surface area contributed by atoms with E-state index in [-0.39, 0.29) is 29.7 Å². The van der Waals surface area contributed by atoms with Gasteiger partial charge in [-0.15, -0.1) is 11.8 Å². The summed E-state index contributed by atoms with van der Waals surface area (Å²) in [6, 6.07) is 11.8. The molecule has 1 aromatic heterocycles. The quantitative estimate of drug-likeness (QED) is 0.800. The molecule has 0 saturated carbocycles. The summed E-state index contributed by atoms with van der Waals surface area (Å²) in [6.07, 6.45) is 1.51. The Kier molecular flexibility index (Phi) is 6.31. The molecule has 1 aromatic carbocycles. The number of thioether (sulfide) groups is 1. The molecule has 0 fully saturated rings. The molecule has 25 heavy (non-hydrogen) atoms. The highest BCUT2D eigenvalue weighted by molar-refractivity contribution is 7.98. The van der Waals surface area contributed by atoms with Gasteiger partial charge in [0, 0.05) is 28.8 Å². The van der Waals surface area contributed by atoms with E-state index < -0.39 is 0 Å². The number of benzene rings is 1. The zero-order valence-electron chi connectivity index (χ0n) is 15.0. The number of nitrogens with one attached hydrogen (secondary N) is 1. The molecule has 6 heteroatoms. The molecule has 0 unspecified atom stereocenters. The Balaban J connectivity index is 1.98. The van der Waals surface area contributed by atoms with Crippen LogP contribution in [0.5, 0.6) is 0 Å². The Morgan fingerprint density at radius 3 is 2.48 bits per heavy atom. The number of carbonyl (C=O) groups is 2. The molecule has 1 N–H and O–H groups in total. The van der Waals surface area contributed by atoms with Gasteiger partial charge in [0.05, 0.1) is 12.8 Å². The third-order valence-electron chi connectivity index (χ3n) is 3.32. The van der Waals surface area contributed by atoms with Crippen LogP contribution in [0.1, 0.15) is 36.9 Å². The molecule has 0 saturated heterocycles. The van der Waals surface area contributed by atoms with E-state index in [0.29, 0.717) is 5.75 Å². The van der Waals surface area contributed by atoms with Gasteiger partial charge in [0.25, 0.3) is 5.91 Å². The summed E-state index contributed by atoms with van der Waals surface area (Å²) >= 11 is 1.63. The van der Waals surface area contributed by atoms with Crippen molar-refractivity contribution in [1.29, 1.82) is 0 Å². The Bertz CT molecular complexity index is 720. The van der Waals surface area contributed by atoms with Gasteiger partial charge in [0.15, 0.2) is 5.76 Å². The Labute approximate surface area is 152 Å². The van der Waals surface area contributed by atoms with Gasteiger partial charge in [-0.05, 0) is 39.0 Å². The number of furan rings is 1. The standard InChI is InChI=1S/C19H24N2O3S/c1-19(2,3)20-16(22)12-21(4)18(23)17-14(10-11-24-17)13-25-15-8-6-5-7-9-15/h5-11H,12-13H2,1-4H3,(H,20,22). The van der Waals surface area contributed by atoms with Gasteiger partial charge in [-0.25, -0.2) is 0 Å². The van der Waals surface area contributed by atoms with Crippen molar-refractivity contribution < 1.29 is 14.0 Å². The molecular weight excluding hydrogens is 336 g/mol. The monoisotopic (exact) mass is 360 g/mol. The largest absolute Gasteiger partial charge is 0.459 e. The van der Waals surface area contributed by atoms with Crippen molar-refractivity contribution >= 4 is 23.6 Å². The van der Waals surface area contributed by atoms with Crippen molar-refractivity contribution in [2.75, 3.05) is 13.6 Å². The number of nitrogens with zero attached hydrogens (tertiary/aromatic N) is 1. The second kappa shape index (κ2) is 8.25. The van der Waals surface area contributed by atoms with Crippen LogP contribution >= 0.6 is 11.8 Å². The maximum Gasteiger partial charge on any atom is 0.290 e. The number of rotatable bonds is 6. The van der Waals surface area contributed by atoms with Crippen LogP contribution in [-0.2, 0) is 10.5 Å². The Hall–Kier alpha value is -2.21. The van der Waals surface area contributed by atoms with Crippen LogP contribution in [0.25, 0.3) is 0 Å². The number of hydrogen-bond donors (Lipinski definition) is 1. The molecule has 0 atom stereocenters. The van der Waals surface area contributed by atoms with Gasteiger partial charge in [-0.2, -0.15) is 0 Å². The second-order valence-corrected chi connectivity index (χ2v) is 7.88. The van der Waals surface area contributed by atoms with E-state index in [1.165, 1.54) is 11.2 Å². The topological polar surface area (TPSA) is 62.6 Å². The zero-order chi connectivity index (χ0) is 18.4. The van der Waals surface area contributed by atoms with Crippen molar-refractivity contribution in [2.24, 2.45) is 0 Å². The summed E-state index contributed by atoms with van der Waals surface area (Å²) in [7, 11) is 1.60. The van der Waals surface area contributed by atoms with E-state index in [0.717, 1.165) is 10.5 Å². The van der Waals surface area contributed by atoms with Crippen LogP contribution in [0, 0.1) is 0 Å². The summed E-state index contributed by atoms with van der Waals surface area (Å²) in [5.74, 6) is 0.422. The van der Waals surface area contributed by atoms with Crippen LogP contribution in [0.3, 0.4) is 0 Å². The van der Waals surface area contributed by atoms with Crippen LogP contribution in [0.15, 0.2) is 52.0 Å². The summed E-state index contributed by atoms with van der Waals surface area (Å²) in [6.45, 7) is 5.69. The molecule has 0 bridgehead atoms. The minimum Gasteiger partial charge on any atom is -0.459 e. The van der Waals surface area contributed by atoms with E-state index in [2.05, 4.69) is 5.32 Å². The number of amides is 2. The van der Waals surface area contributed by atoms with Crippen LogP contribution < -0.4 is 5.32 Å². The molecule has 1 heterocycles. The molecular formula is C19H24N2O3S. The molecule has 0 radical (unpaired) electrons. The minimum atomic E-state index is -0.330. The molecule has 0 aliphatic heterocycles. The summed E-state index contributed by atoms with van der Waals surface area (Å²) in [5, 5.41) is 2.84. The summed E-state index contributed by atoms with van der Waals surface area (Å²) < 4.78 is 5.38. The average molecular weight is 360 g/mol. The van der Waals surface area contributed by atoms with Gasteiger partial charge < -0.3 is 14.6 Å². The normalized spacial score (nSPS) is 11.2. The first-order valence-corrected chi connectivity index (χ1v) is 9.05. The number of likely N-dealkylation sites (N-methyl/N-ethyl adjacent to an activating group) is 1. The fourth-order valence-electron chi connectivity index (χ4n) is 2.23. The Morgan fingerprint density at radius 1 is 1.16 bits per heavy atom. The molecule has 0 aliphatic carbocycles. The van der Waals surface area contributed by atoms with Gasteiger partial charge in [-0.1, -0.05) is 18.2 Å². The fourth-order valence-corrected chi connectivity index (χ4v) is 3.13. The van der Waals surface area contributed by atoms with E-state index >= 15 is 0 Å². The van der Waals surface area contributed by atoms with E-state index in [9.17, 15) is 9.59 Å². The highest BCUT2D eigenvalue weighted by atomic mass is 32.2. The van der Waals surface area contributed by atoms with Gasteiger partial charge >= 0.3 is 0 Å². The smallest absolute Gasteiger partial charge is 0.290 e. The predicted octanol–water partition coefficient (Wildman–Crippen LogP) is 3.56. The first kappa shape index (κ1) is 19.1. The lowest BCUT2D eigenvalue weighted by molar-refractivity contribution is -0.122. The van der Waals surface area contributed by atoms with Crippen molar-refractivity contribution in [3.63, 3.8) is 0 Å². The molecule has 0 spiro atoms. The number of carbonyl (C=O) groups excluding carboxylic acids is 2. The fraction of sp³-hybridized carbons (Fsp3) is 0.368. The van der Waals surface area contributed by atoms with Crippen molar-refractivity contribution in [3.8, 4) is 0 Å². The van der Waals surface area contributed by atoms with Gasteiger partial charge in [0.1, 0.15) is 0 Å².